The number of rotatable bonds is 5. The van der Waals surface area contributed by atoms with Crippen LogP contribution in [0.2, 0.25) is 0 Å². The minimum Gasteiger partial charge on any atom is -0.462 e. The summed E-state index contributed by atoms with van der Waals surface area (Å²) in [4.78, 5) is 16.3. The molecule has 0 unspecified atom stereocenters. The number of alkyl halides is 3. The Kier molecular flexibility index (Phi) is 5.11. The molecular formula is C18H15F4N3O2. The third-order valence-corrected chi connectivity index (χ3v) is 3.85. The zero-order valence-electron chi connectivity index (χ0n) is 14.3. The lowest BCUT2D eigenvalue weighted by Crippen LogP contribution is -2.14. The predicted molar refractivity (Wildman–Crippen MR) is 88.6 cm³/mol. The van der Waals surface area contributed by atoms with E-state index in [4.69, 9.17) is 4.74 Å². The normalized spacial score (nSPS) is 11.7. The first-order valence-corrected chi connectivity index (χ1v) is 8.20. The molecule has 5 nitrogen and oxygen atoms in total. The van der Waals surface area contributed by atoms with Gasteiger partial charge in [0.25, 0.3) is 0 Å². The Morgan fingerprint density at radius 3 is 2.56 bits per heavy atom. The Labute approximate surface area is 151 Å². The van der Waals surface area contributed by atoms with Gasteiger partial charge in [-0.3, -0.25) is 0 Å². The molecule has 3 aromatic rings. The summed E-state index contributed by atoms with van der Waals surface area (Å²) in [6, 6.07) is 5.66. The van der Waals surface area contributed by atoms with Gasteiger partial charge >= 0.3 is 12.1 Å². The van der Waals surface area contributed by atoms with Crippen LogP contribution >= 0.6 is 0 Å². The number of aromatic nitrogens is 3. The number of unbranched alkanes of at least 4 members (excludes halogenated alkanes) is 1. The van der Waals surface area contributed by atoms with Crippen LogP contribution in [-0.4, -0.2) is 27.2 Å². The Morgan fingerprint density at radius 1 is 1.22 bits per heavy atom. The summed E-state index contributed by atoms with van der Waals surface area (Å²) in [6.45, 7) is 2.06. The number of carbonyl (C=O) groups excluding carboxylic acids is 1. The third kappa shape index (κ3) is 3.91. The molecule has 0 aliphatic heterocycles. The molecule has 0 saturated heterocycles. The maximum atomic E-state index is 13.5. The van der Waals surface area contributed by atoms with Crippen molar-refractivity contribution in [1.29, 1.82) is 0 Å². The fourth-order valence-electron chi connectivity index (χ4n) is 2.46. The van der Waals surface area contributed by atoms with E-state index in [2.05, 4.69) is 10.1 Å². The second-order valence-electron chi connectivity index (χ2n) is 5.81. The van der Waals surface area contributed by atoms with Crippen LogP contribution in [0.25, 0.3) is 16.9 Å². The minimum absolute atomic E-state index is 0.0575. The Hall–Kier alpha value is -2.97. The van der Waals surface area contributed by atoms with Gasteiger partial charge in [-0.15, -0.1) is 0 Å². The van der Waals surface area contributed by atoms with Crippen LogP contribution in [0.15, 0.2) is 36.5 Å². The van der Waals surface area contributed by atoms with Crippen molar-refractivity contribution in [3.05, 3.63) is 53.6 Å². The molecule has 3 rings (SSSR count). The van der Waals surface area contributed by atoms with Gasteiger partial charge in [0.15, 0.2) is 11.3 Å². The van der Waals surface area contributed by atoms with E-state index >= 15 is 0 Å². The van der Waals surface area contributed by atoms with Gasteiger partial charge in [0, 0.05) is 5.56 Å². The maximum Gasteiger partial charge on any atom is 0.433 e. The highest BCUT2D eigenvalue weighted by Gasteiger charge is 2.36. The van der Waals surface area contributed by atoms with Gasteiger partial charge in [-0.1, -0.05) is 13.3 Å². The number of halogens is 4. The standard InChI is InChI=1S/C18H15F4N3O2/c1-2-3-8-27-17(26)13-10-23-25-15(18(20,21)22)9-14(24-16(13)25)11-4-6-12(19)7-5-11/h4-7,9-10H,2-3,8H2,1H3. The van der Waals surface area contributed by atoms with Gasteiger partial charge < -0.3 is 4.74 Å². The van der Waals surface area contributed by atoms with E-state index in [0.717, 1.165) is 30.8 Å². The van der Waals surface area contributed by atoms with Crippen molar-refractivity contribution in [1.82, 2.24) is 14.6 Å². The van der Waals surface area contributed by atoms with Crippen LogP contribution in [0.4, 0.5) is 17.6 Å². The molecule has 0 bridgehead atoms. The van der Waals surface area contributed by atoms with Crippen molar-refractivity contribution in [2.45, 2.75) is 25.9 Å². The number of hydrogen-bond acceptors (Lipinski definition) is 4. The van der Waals surface area contributed by atoms with E-state index in [1.165, 1.54) is 12.1 Å². The van der Waals surface area contributed by atoms with E-state index in [1.54, 1.807) is 0 Å². The van der Waals surface area contributed by atoms with Crippen molar-refractivity contribution in [2.24, 2.45) is 0 Å². The summed E-state index contributed by atoms with van der Waals surface area (Å²) in [5, 5.41) is 3.66. The molecule has 1 aromatic carbocycles. The number of nitrogens with zero attached hydrogens (tertiary/aromatic N) is 3. The van der Waals surface area contributed by atoms with Gasteiger partial charge in [-0.25, -0.2) is 18.7 Å². The molecule has 0 fully saturated rings. The lowest BCUT2D eigenvalue weighted by molar-refractivity contribution is -0.142. The van der Waals surface area contributed by atoms with Crippen molar-refractivity contribution < 1.29 is 27.1 Å². The van der Waals surface area contributed by atoms with Crippen molar-refractivity contribution in [3.8, 4) is 11.3 Å². The van der Waals surface area contributed by atoms with E-state index in [1.807, 2.05) is 6.92 Å². The summed E-state index contributed by atoms with van der Waals surface area (Å²) in [7, 11) is 0. The first kappa shape index (κ1) is 18.8. The Balaban J connectivity index is 2.13. The van der Waals surface area contributed by atoms with Crippen molar-refractivity contribution in [3.63, 3.8) is 0 Å². The number of benzene rings is 1. The molecule has 2 heterocycles. The maximum absolute atomic E-state index is 13.5. The number of ether oxygens (including phenoxy) is 1. The van der Waals surface area contributed by atoms with E-state index < -0.39 is 23.7 Å². The van der Waals surface area contributed by atoms with Crippen molar-refractivity contribution in [2.75, 3.05) is 6.61 Å². The first-order chi connectivity index (χ1) is 12.8. The lowest BCUT2D eigenvalue weighted by atomic mass is 10.1. The molecule has 0 saturated carbocycles. The molecule has 2 aromatic heterocycles. The quantitative estimate of drug-likeness (QED) is 0.371. The SMILES string of the molecule is CCCCOC(=O)c1cnn2c(C(F)(F)F)cc(-c3ccc(F)cc3)nc12. The molecular weight excluding hydrogens is 366 g/mol. The summed E-state index contributed by atoms with van der Waals surface area (Å²) in [5.74, 6) is -1.32. The molecule has 0 aliphatic rings. The molecule has 142 valence electrons. The molecule has 0 N–H and O–H groups in total. The average Bonchev–Trinajstić information content (AvgIpc) is 3.04. The molecule has 27 heavy (non-hydrogen) atoms. The summed E-state index contributed by atoms with van der Waals surface area (Å²) >= 11 is 0. The average molecular weight is 381 g/mol. The molecule has 0 radical (unpaired) electrons. The number of fused-ring (bicyclic) bond motifs is 1. The molecule has 0 spiro atoms. The van der Waals surface area contributed by atoms with Gasteiger partial charge in [-0.05, 0) is 36.8 Å². The highest BCUT2D eigenvalue weighted by Crippen LogP contribution is 2.32. The summed E-state index contributed by atoms with van der Waals surface area (Å²) in [5.41, 5.74) is -1.32. The monoisotopic (exact) mass is 381 g/mol. The third-order valence-electron chi connectivity index (χ3n) is 3.85. The molecule has 0 amide bonds. The largest absolute Gasteiger partial charge is 0.462 e. The van der Waals surface area contributed by atoms with Gasteiger partial charge in [0.2, 0.25) is 0 Å². The lowest BCUT2D eigenvalue weighted by Gasteiger charge is -2.11. The van der Waals surface area contributed by atoms with E-state index in [9.17, 15) is 22.4 Å². The molecule has 0 atom stereocenters. The van der Waals surface area contributed by atoms with Crippen LogP contribution < -0.4 is 0 Å². The fourth-order valence-corrected chi connectivity index (χ4v) is 2.46. The predicted octanol–water partition coefficient (Wildman–Crippen LogP) is 4.51. The van der Waals surface area contributed by atoms with Gasteiger partial charge in [0.05, 0.1) is 18.5 Å². The fraction of sp³-hybridized carbons (Fsp3) is 0.278. The second-order valence-corrected chi connectivity index (χ2v) is 5.81. The Morgan fingerprint density at radius 2 is 1.93 bits per heavy atom. The molecule has 0 aliphatic carbocycles. The number of hydrogen-bond donors (Lipinski definition) is 0. The van der Waals surface area contributed by atoms with Gasteiger partial charge in [-0.2, -0.15) is 18.3 Å². The topological polar surface area (TPSA) is 56.5 Å². The Bertz CT molecular complexity index is 965. The number of esters is 1. The van der Waals surface area contributed by atoms with E-state index in [-0.39, 0.29) is 29.1 Å². The number of carbonyl (C=O) groups is 1. The highest BCUT2D eigenvalue weighted by molar-refractivity contribution is 5.96. The highest BCUT2D eigenvalue weighted by atomic mass is 19.4. The van der Waals surface area contributed by atoms with Crippen LogP contribution in [0.5, 0.6) is 0 Å². The second kappa shape index (κ2) is 7.34. The van der Waals surface area contributed by atoms with Crippen LogP contribution in [0, 0.1) is 5.82 Å². The smallest absolute Gasteiger partial charge is 0.433 e. The van der Waals surface area contributed by atoms with Crippen LogP contribution in [0.3, 0.4) is 0 Å². The van der Waals surface area contributed by atoms with Crippen molar-refractivity contribution >= 4 is 11.6 Å². The van der Waals surface area contributed by atoms with Gasteiger partial charge in [0.1, 0.15) is 11.4 Å². The zero-order chi connectivity index (χ0) is 19.6. The zero-order valence-corrected chi connectivity index (χ0v) is 14.3. The van der Waals surface area contributed by atoms with Crippen LogP contribution in [-0.2, 0) is 10.9 Å². The summed E-state index contributed by atoms with van der Waals surface area (Å²) in [6.07, 6.45) is -2.30. The first-order valence-electron chi connectivity index (χ1n) is 8.20. The van der Waals surface area contributed by atoms with E-state index in [0.29, 0.717) is 10.9 Å². The minimum atomic E-state index is -4.73. The summed E-state index contributed by atoms with van der Waals surface area (Å²) < 4.78 is 59.1. The molecule has 9 heteroatoms. The van der Waals surface area contributed by atoms with Crippen LogP contribution in [0.1, 0.15) is 35.8 Å².